The minimum Gasteiger partial charge on any atom is -0.466 e. The van der Waals surface area contributed by atoms with Crippen LogP contribution >= 0.6 is 0 Å². The minimum atomic E-state index is -0.449. The van der Waals surface area contributed by atoms with E-state index in [2.05, 4.69) is 36.3 Å². The molecular formula is C44H81N3O6. The molecule has 53 heavy (non-hydrogen) atoms. The number of esters is 2. The average Bonchev–Trinajstić information content (AvgIpc) is 3.15. The van der Waals surface area contributed by atoms with Gasteiger partial charge < -0.3 is 25.0 Å². The summed E-state index contributed by atoms with van der Waals surface area (Å²) in [5, 5.41) is 5.97. The van der Waals surface area contributed by atoms with Crippen molar-refractivity contribution in [2.24, 2.45) is 0 Å². The highest BCUT2D eigenvalue weighted by molar-refractivity contribution is 5.73. The van der Waals surface area contributed by atoms with Crippen LogP contribution in [0.25, 0.3) is 0 Å². The zero-order valence-corrected chi connectivity index (χ0v) is 34.8. The van der Waals surface area contributed by atoms with Crippen molar-refractivity contribution >= 4 is 23.3 Å². The summed E-state index contributed by atoms with van der Waals surface area (Å²) in [6, 6.07) is 0. The Morgan fingerprint density at radius 3 is 1.62 bits per heavy atom. The normalized spacial score (nSPS) is 12.0. The first kappa shape index (κ1) is 48.6. The highest BCUT2D eigenvalue weighted by Crippen LogP contribution is 2.18. The van der Waals surface area contributed by atoms with Crippen LogP contribution in [-0.4, -0.2) is 62.8 Å². The van der Waals surface area contributed by atoms with Crippen molar-refractivity contribution in [2.75, 3.05) is 50.5 Å². The van der Waals surface area contributed by atoms with E-state index in [9.17, 15) is 19.2 Å². The Morgan fingerprint density at radius 2 is 1.00 bits per heavy atom. The van der Waals surface area contributed by atoms with E-state index in [1.165, 1.54) is 70.6 Å². The van der Waals surface area contributed by atoms with Gasteiger partial charge in [0.15, 0.2) is 0 Å². The monoisotopic (exact) mass is 748 g/mol. The molecule has 0 saturated carbocycles. The topological polar surface area (TPSA) is 114 Å². The molecule has 0 heterocycles. The van der Waals surface area contributed by atoms with Crippen molar-refractivity contribution in [1.82, 2.24) is 4.90 Å². The van der Waals surface area contributed by atoms with Crippen LogP contribution < -0.4 is 21.5 Å². The molecule has 0 aliphatic heterocycles. The third kappa shape index (κ3) is 25.3. The first-order valence-electron chi connectivity index (χ1n) is 22.2. The summed E-state index contributed by atoms with van der Waals surface area (Å²) in [5.41, 5.74) is -0.105. The van der Waals surface area contributed by atoms with Crippen molar-refractivity contribution in [3.63, 3.8) is 0 Å². The van der Waals surface area contributed by atoms with Crippen LogP contribution in [-0.2, 0) is 19.1 Å². The molecule has 308 valence electrons. The van der Waals surface area contributed by atoms with Crippen molar-refractivity contribution in [1.29, 1.82) is 0 Å². The molecule has 9 heteroatoms. The van der Waals surface area contributed by atoms with Gasteiger partial charge in [0.25, 0.3) is 10.9 Å². The van der Waals surface area contributed by atoms with Crippen molar-refractivity contribution in [3.8, 4) is 0 Å². The van der Waals surface area contributed by atoms with E-state index in [1.54, 1.807) is 7.05 Å². The molecule has 1 rings (SSSR count). The van der Waals surface area contributed by atoms with E-state index in [-0.39, 0.29) is 18.0 Å². The summed E-state index contributed by atoms with van der Waals surface area (Å²) < 4.78 is 11.4. The molecule has 0 fully saturated rings. The van der Waals surface area contributed by atoms with E-state index in [4.69, 9.17) is 9.47 Å². The number of hydrogen-bond donors (Lipinski definition) is 2. The summed E-state index contributed by atoms with van der Waals surface area (Å²) >= 11 is 0. The summed E-state index contributed by atoms with van der Waals surface area (Å²) in [5.74, 6) is -0.0956. The predicted molar refractivity (Wildman–Crippen MR) is 223 cm³/mol. The smallest absolute Gasteiger partial charge is 0.306 e. The van der Waals surface area contributed by atoms with Crippen LogP contribution in [0.3, 0.4) is 0 Å². The fourth-order valence-corrected chi connectivity index (χ4v) is 6.99. The third-order valence-corrected chi connectivity index (χ3v) is 10.4. The second kappa shape index (κ2) is 34.1. The molecule has 1 atom stereocenters. The molecule has 1 aromatic rings. The summed E-state index contributed by atoms with van der Waals surface area (Å²) in [6.45, 7) is 10.7. The van der Waals surface area contributed by atoms with Crippen molar-refractivity contribution < 1.29 is 19.1 Å². The Morgan fingerprint density at radius 1 is 0.547 bits per heavy atom. The lowest BCUT2D eigenvalue weighted by molar-refractivity contribution is -0.150. The predicted octanol–water partition coefficient (Wildman–Crippen LogP) is 10.5. The second-order valence-electron chi connectivity index (χ2n) is 15.3. The lowest BCUT2D eigenvalue weighted by atomic mass is 10.0. The molecule has 0 bridgehead atoms. The van der Waals surface area contributed by atoms with E-state index < -0.39 is 10.9 Å². The standard InChI is InChI=1S/C44H81N3O6/c1-5-8-11-13-14-15-19-27-37-52-39(48)31-24-20-26-35-47(36-28-33-46-42-41(45-4)43(50)44(42)51)34-25-18-16-17-23-32-40(49)53-38(29-21-10-7-3)30-22-12-9-6-2/h38,45-46H,5-37H2,1-4H3. The van der Waals surface area contributed by atoms with Crippen molar-refractivity contribution in [2.45, 2.75) is 207 Å². The quantitative estimate of drug-likeness (QED) is 0.0386. The van der Waals surface area contributed by atoms with Crippen LogP contribution in [0.2, 0.25) is 0 Å². The molecule has 0 radical (unpaired) electrons. The van der Waals surface area contributed by atoms with Gasteiger partial charge in [-0.05, 0) is 83.8 Å². The lowest BCUT2D eigenvalue weighted by Crippen LogP contribution is -2.37. The van der Waals surface area contributed by atoms with Gasteiger partial charge >= 0.3 is 11.9 Å². The SMILES string of the molecule is CCCCCCCCCCOC(=O)CCCCCN(CCCCCCCC(=O)OC(CCCCC)CCCCCC)CCCNc1c(NC)c(=O)c1=O. The van der Waals surface area contributed by atoms with E-state index in [0.717, 1.165) is 116 Å². The van der Waals surface area contributed by atoms with E-state index >= 15 is 0 Å². The summed E-state index contributed by atoms with van der Waals surface area (Å²) in [4.78, 5) is 50.9. The number of carbonyl (C=O) groups is 2. The van der Waals surface area contributed by atoms with Gasteiger partial charge in [0.05, 0.1) is 6.61 Å². The summed E-state index contributed by atoms with van der Waals surface area (Å²) in [7, 11) is 1.66. The molecule has 0 spiro atoms. The maximum Gasteiger partial charge on any atom is 0.306 e. The second-order valence-corrected chi connectivity index (χ2v) is 15.3. The van der Waals surface area contributed by atoms with Crippen molar-refractivity contribution in [3.05, 3.63) is 20.4 Å². The Labute approximate surface area is 324 Å². The number of hydrogen-bond acceptors (Lipinski definition) is 9. The highest BCUT2D eigenvalue weighted by Gasteiger charge is 2.19. The molecule has 0 saturated heterocycles. The van der Waals surface area contributed by atoms with Gasteiger partial charge in [-0.1, -0.05) is 124 Å². The third-order valence-electron chi connectivity index (χ3n) is 10.4. The highest BCUT2D eigenvalue weighted by atomic mass is 16.5. The van der Waals surface area contributed by atoms with E-state index in [0.29, 0.717) is 37.4 Å². The molecule has 0 aliphatic carbocycles. The van der Waals surface area contributed by atoms with Gasteiger partial charge in [-0.25, -0.2) is 0 Å². The Bertz CT molecular complexity index is 1100. The molecule has 0 aromatic heterocycles. The first-order valence-corrected chi connectivity index (χ1v) is 22.2. The number of anilines is 2. The van der Waals surface area contributed by atoms with Crippen LogP contribution in [0.4, 0.5) is 11.4 Å². The van der Waals surface area contributed by atoms with Gasteiger partial charge in [-0.2, -0.15) is 0 Å². The van der Waals surface area contributed by atoms with Gasteiger partial charge in [-0.15, -0.1) is 0 Å². The van der Waals surface area contributed by atoms with Crippen LogP contribution in [0, 0.1) is 0 Å². The zero-order valence-electron chi connectivity index (χ0n) is 34.8. The lowest BCUT2D eigenvalue weighted by Gasteiger charge is -2.23. The average molecular weight is 748 g/mol. The Balaban J connectivity index is 2.34. The summed E-state index contributed by atoms with van der Waals surface area (Å²) in [6.07, 6.45) is 30.4. The number of ether oxygens (including phenoxy) is 2. The van der Waals surface area contributed by atoms with Crippen LogP contribution in [0.5, 0.6) is 0 Å². The molecular weight excluding hydrogens is 666 g/mol. The Hall–Kier alpha value is -2.42. The number of unbranched alkanes of at least 4 members (excludes halogenated alkanes) is 18. The molecule has 1 aromatic carbocycles. The number of rotatable bonds is 39. The largest absolute Gasteiger partial charge is 0.466 e. The van der Waals surface area contributed by atoms with Gasteiger partial charge in [0, 0.05) is 26.4 Å². The van der Waals surface area contributed by atoms with Gasteiger partial charge in [0.2, 0.25) is 0 Å². The number of nitrogens with one attached hydrogen (secondary N) is 2. The van der Waals surface area contributed by atoms with Gasteiger partial charge in [-0.3, -0.25) is 19.2 Å². The van der Waals surface area contributed by atoms with Gasteiger partial charge in [0.1, 0.15) is 17.5 Å². The zero-order chi connectivity index (χ0) is 38.8. The van der Waals surface area contributed by atoms with Crippen LogP contribution in [0.1, 0.15) is 201 Å². The first-order chi connectivity index (χ1) is 25.9. The number of carbonyl (C=O) groups excluding carboxylic acids is 2. The molecule has 0 aliphatic rings. The number of nitrogens with zero attached hydrogens (tertiary/aromatic N) is 1. The van der Waals surface area contributed by atoms with E-state index in [1.807, 2.05) is 0 Å². The van der Waals surface area contributed by atoms with Crippen LogP contribution in [0.15, 0.2) is 9.59 Å². The fraction of sp³-hybridized carbons (Fsp3) is 0.864. The Kier molecular flexibility index (Phi) is 31.3. The maximum atomic E-state index is 12.6. The minimum absolute atomic E-state index is 0.0240. The molecule has 9 nitrogen and oxygen atoms in total. The molecule has 0 amide bonds. The molecule has 2 N–H and O–H groups in total. The molecule has 1 unspecified atom stereocenters. The fourth-order valence-electron chi connectivity index (χ4n) is 6.99. The maximum absolute atomic E-state index is 12.6.